The number of aliphatic hydroxyl groups excluding tert-OH is 1. The van der Waals surface area contributed by atoms with Crippen LogP contribution in [-0.2, 0) is 15.6 Å². The van der Waals surface area contributed by atoms with Crippen molar-refractivity contribution in [3.05, 3.63) is 65.7 Å². The average molecular weight is 462 g/mol. The summed E-state index contributed by atoms with van der Waals surface area (Å²) in [6, 6.07) is 17.0. The molecule has 2 aromatic carbocycles. The number of methoxy groups -OCH3 is 1. The van der Waals surface area contributed by atoms with Gasteiger partial charge in [-0.3, -0.25) is 4.79 Å². The van der Waals surface area contributed by atoms with Crippen molar-refractivity contribution >= 4 is 16.1 Å². The minimum atomic E-state index is -3.66. The maximum atomic E-state index is 12.9. The molecule has 1 saturated heterocycles. The number of hydrogen-bond donors (Lipinski definition) is 3. The number of ether oxygens (including phenoxy) is 1. The van der Waals surface area contributed by atoms with Crippen molar-refractivity contribution in [1.82, 2.24) is 14.3 Å². The first kappa shape index (κ1) is 24.2. The summed E-state index contributed by atoms with van der Waals surface area (Å²) in [7, 11) is -2.13. The lowest BCUT2D eigenvalue weighted by Gasteiger charge is -2.34. The van der Waals surface area contributed by atoms with Crippen molar-refractivity contribution in [3.63, 3.8) is 0 Å². The van der Waals surface area contributed by atoms with Crippen LogP contribution in [0.2, 0.25) is 0 Å². The van der Waals surface area contributed by atoms with Gasteiger partial charge < -0.3 is 15.2 Å². The zero-order valence-corrected chi connectivity index (χ0v) is 19.1. The van der Waals surface area contributed by atoms with Crippen LogP contribution in [0, 0.1) is 0 Å². The van der Waals surface area contributed by atoms with Gasteiger partial charge in [0.15, 0.2) is 0 Å². The Hall–Kier alpha value is -2.46. The van der Waals surface area contributed by atoms with Gasteiger partial charge in [0.2, 0.25) is 0 Å². The highest BCUT2D eigenvalue weighted by molar-refractivity contribution is 7.87. The first-order valence-electron chi connectivity index (χ1n) is 10.7. The highest BCUT2D eigenvalue weighted by Gasteiger charge is 2.37. The molecular weight excluding hydrogens is 430 g/mol. The number of aliphatic hydroxyl groups is 1. The Morgan fingerprint density at radius 3 is 2.53 bits per heavy atom. The van der Waals surface area contributed by atoms with Gasteiger partial charge in [-0.05, 0) is 37.0 Å². The van der Waals surface area contributed by atoms with Gasteiger partial charge >= 0.3 is 0 Å². The molecule has 32 heavy (non-hydrogen) atoms. The van der Waals surface area contributed by atoms with Crippen molar-refractivity contribution in [2.75, 3.05) is 39.9 Å². The number of carbonyl (C=O) groups excluding carboxylic acids is 1. The second-order valence-corrected chi connectivity index (χ2v) is 9.66. The highest BCUT2D eigenvalue weighted by atomic mass is 32.2. The Balaban J connectivity index is 1.81. The predicted molar refractivity (Wildman–Crippen MR) is 123 cm³/mol. The normalized spacial score (nSPS) is 19.8. The maximum Gasteiger partial charge on any atom is 0.279 e. The topological polar surface area (TPSA) is 108 Å². The first-order valence-corrected chi connectivity index (χ1v) is 12.2. The van der Waals surface area contributed by atoms with Crippen molar-refractivity contribution in [1.29, 1.82) is 0 Å². The van der Waals surface area contributed by atoms with Gasteiger partial charge in [-0.2, -0.15) is 17.4 Å². The molecule has 1 unspecified atom stereocenters. The number of rotatable bonds is 9. The van der Waals surface area contributed by atoms with Gasteiger partial charge in [-0.15, -0.1) is 0 Å². The number of nitrogens with zero attached hydrogens (tertiary/aromatic N) is 1. The summed E-state index contributed by atoms with van der Waals surface area (Å²) in [5.41, 5.74) is 1.13. The van der Waals surface area contributed by atoms with Crippen LogP contribution in [0.25, 0.3) is 0 Å². The van der Waals surface area contributed by atoms with Gasteiger partial charge in [-0.1, -0.05) is 42.5 Å². The lowest BCUT2D eigenvalue weighted by Crippen LogP contribution is -2.44. The Labute approximate surface area is 189 Å². The molecule has 9 heteroatoms. The molecule has 1 heterocycles. The summed E-state index contributed by atoms with van der Waals surface area (Å²) < 4.78 is 34.3. The largest absolute Gasteiger partial charge is 0.496 e. The van der Waals surface area contributed by atoms with Crippen molar-refractivity contribution < 1.29 is 23.1 Å². The fourth-order valence-corrected chi connectivity index (χ4v) is 5.44. The van der Waals surface area contributed by atoms with Gasteiger partial charge in [0, 0.05) is 31.6 Å². The van der Waals surface area contributed by atoms with Crippen LogP contribution in [0.3, 0.4) is 0 Å². The molecule has 0 saturated carbocycles. The van der Waals surface area contributed by atoms with Crippen LogP contribution in [0.15, 0.2) is 54.6 Å². The van der Waals surface area contributed by atoms with Crippen LogP contribution in [0.5, 0.6) is 5.75 Å². The number of carbonyl (C=O) groups is 1. The number of benzene rings is 2. The van der Waals surface area contributed by atoms with Crippen molar-refractivity contribution in [2.24, 2.45) is 0 Å². The van der Waals surface area contributed by atoms with Crippen LogP contribution in [-0.4, -0.2) is 63.6 Å². The third-order valence-electron chi connectivity index (χ3n) is 5.96. The van der Waals surface area contributed by atoms with Crippen LogP contribution < -0.4 is 14.8 Å². The highest BCUT2D eigenvalue weighted by Crippen LogP contribution is 2.35. The van der Waals surface area contributed by atoms with E-state index in [2.05, 4.69) is 10.0 Å². The lowest BCUT2D eigenvalue weighted by atomic mass is 9.74. The summed E-state index contributed by atoms with van der Waals surface area (Å²) in [5.74, 6) is 0.281. The minimum absolute atomic E-state index is 0.0162. The summed E-state index contributed by atoms with van der Waals surface area (Å²) in [5, 5.41) is 12.0. The third kappa shape index (κ3) is 5.66. The summed E-state index contributed by atoms with van der Waals surface area (Å²) in [6.07, 6.45) is 1.94. The van der Waals surface area contributed by atoms with Crippen LogP contribution >= 0.6 is 0 Å². The molecule has 2 aromatic rings. The number of nitrogens with one attached hydrogen (secondary N) is 2. The molecule has 0 radical (unpaired) electrons. The summed E-state index contributed by atoms with van der Waals surface area (Å²) >= 11 is 0. The zero-order chi connectivity index (χ0) is 23.0. The molecule has 0 bridgehead atoms. The fourth-order valence-electron chi connectivity index (χ4n) is 4.21. The average Bonchev–Trinajstić information content (AvgIpc) is 3.06. The van der Waals surface area contributed by atoms with Crippen LogP contribution in [0.1, 0.15) is 35.2 Å². The molecule has 3 rings (SSSR count). The summed E-state index contributed by atoms with van der Waals surface area (Å²) in [6.45, 7) is 0.815. The number of amides is 1. The van der Waals surface area contributed by atoms with Gasteiger partial charge in [0.1, 0.15) is 5.75 Å². The Bertz CT molecular complexity index is 1000. The van der Waals surface area contributed by atoms with E-state index in [1.165, 1.54) is 11.4 Å². The Morgan fingerprint density at radius 1 is 1.09 bits per heavy atom. The van der Waals surface area contributed by atoms with E-state index in [-0.39, 0.29) is 19.1 Å². The maximum absolute atomic E-state index is 12.9. The minimum Gasteiger partial charge on any atom is -0.496 e. The predicted octanol–water partition coefficient (Wildman–Crippen LogP) is 1.68. The second-order valence-electron chi connectivity index (χ2n) is 7.90. The molecule has 1 fully saturated rings. The van der Waals surface area contributed by atoms with Crippen molar-refractivity contribution in [3.8, 4) is 5.75 Å². The second kappa shape index (κ2) is 10.9. The molecule has 174 valence electrons. The standard InChI is InChI=1S/C23H31N3O5S/c1-31-21-11-6-5-10-20(21)22(28)24-18-23(19-8-3-2-4-9-19)12-7-15-26(16-13-23)32(29,30)25-14-17-27/h2-6,8-11,25,27H,7,12-18H2,1H3,(H,24,28). The third-order valence-corrected chi connectivity index (χ3v) is 7.58. The molecule has 8 nitrogen and oxygen atoms in total. The summed E-state index contributed by atoms with van der Waals surface area (Å²) in [4.78, 5) is 12.9. The number of para-hydroxylation sites is 1. The molecule has 3 N–H and O–H groups in total. The molecule has 1 atom stereocenters. The smallest absolute Gasteiger partial charge is 0.279 e. The van der Waals surface area contributed by atoms with E-state index >= 15 is 0 Å². The molecule has 0 spiro atoms. The quantitative estimate of drug-likeness (QED) is 0.527. The van der Waals surface area contributed by atoms with Gasteiger partial charge in [0.25, 0.3) is 16.1 Å². The van der Waals surface area contributed by atoms with Gasteiger partial charge in [0.05, 0.1) is 19.3 Å². The molecule has 0 aliphatic carbocycles. The first-order chi connectivity index (χ1) is 15.4. The zero-order valence-electron chi connectivity index (χ0n) is 18.3. The van der Waals surface area contributed by atoms with Crippen LogP contribution in [0.4, 0.5) is 0 Å². The SMILES string of the molecule is COc1ccccc1C(=O)NCC1(c2ccccc2)CCCN(S(=O)(=O)NCCO)CC1. The Morgan fingerprint density at radius 2 is 1.81 bits per heavy atom. The van der Waals surface area contributed by atoms with E-state index in [1.807, 2.05) is 36.4 Å². The fraction of sp³-hybridized carbons (Fsp3) is 0.435. The van der Waals surface area contributed by atoms with E-state index < -0.39 is 15.6 Å². The lowest BCUT2D eigenvalue weighted by molar-refractivity contribution is 0.0937. The number of hydrogen-bond acceptors (Lipinski definition) is 5. The van der Waals surface area contributed by atoms with E-state index in [0.29, 0.717) is 43.8 Å². The molecular formula is C23H31N3O5S. The monoisotopic (exact) mass is 461 g/mol. The Kier molecular flexibility index (Phi) is 8.25. The van der Waals surface area contributed by atoms with Crippen molar-refractivity contribution in [2.45, 2.75) is 24.7 Å². The van der Waals surface area contributed by atoms with E-state index in [0.717, 1.165) is 12.0 Å². The van der Waals surface area contributed by atoms with E-state index in [9.17, 15) is 13.2 Å². The molecule has 1 amide bonds. The molecule has 1 aliphatic heterocycles. The molecule has 0 aromatic heterocycles. The van der Waals surface area contributed by atoms with E-state index in [1.54, 1.807) is 18.2 Å². The van der Waals surface area contributed by atoms with Gasteiger partial charge in [-0.25, -0.2) is 0 Å². The molecule has 1 aliphatic rings. The van der Waals surface area contributed by atoms with E-state index in [4.69, 9.17) is 9.84 Å².